The first kappa shape index (κ1) is 20.9. The molecule has 0 bridgehead atoms. The van der Waals surface area contributed by atoms with Crippen LogP contribution in [-0.4, -0.2) is 17.9 Å². The minimum atomic E-state index is -0.0157. The minimum absolute atomic E-state index is 0.0157. The van der Waals surface area contributed by atoms with Crippen molar-refractivity contribution in [2.45, 2.75) is 128 Å². The van der Waals surface area contributed by atoms with Gasteiger partial charge in [0.05, 0.1) is 12.1 Å². The fourth-order valence-electron chi connectivity index (χ4n) is 4.50. The van der Waals surface area contributed by atoms with Gasteiger partial charge in [0.1, 0.15) is 0 Å². The van der Waals surface area contributed by atoms with Crippen molar-refractivity contribution in [3.63, 3.8) is 0 Å². The number of carbonyl (C=O) groups excluding carboxylic acids is 1. The summed E-state index contributed by atoms with van der Waals surface area (Å²) in [7, 11) is 0. The Morgan fingerprint density at radius 3 is 2.04 bits per heavy atom. The first-order valence-electron chi connectivity index (χ1n) is 11.3. The van der Waals surface area contributed by atoms with Crippen LogP contribution in [0.15, 0.2) is 0 Å². The Morgan fingerprint density at radius 1 is 0.840 bits per heavy atom. The van der Waals surface area contributed by atoms with Crippen molar-refractivity contribution in [1.29, 1.82) is 0 Å². The Hall–Kier alpha value is -0.410. The Kier molecular flexibility index (Phi) is 10.8. The van der Waals surface area contributed by atoms with Gasteiger partial charge >= 0.3 is 0 Å². The van der Waals surface area contributed by atoms with Crippen molar-refractivity contribution in [1.82, 2.24) is 5.48 Å². The molecule has 0 spiro atoms. The van der Waals surface area contributed by atoms with Gasteiger partial charge < -0.3 is 0 Å². The average molecular weight is 352 g/mol. The van der Waals surface area contributed by atoms with Crippen molar-refractivity contribution >= 4 is 5.78 Å². The third-order valence-corrected chi connectivity index (χ3v) is 6.15. The topological polar surface area (TPSA) is 38.3 Å². The lowest BCUT2D eigenvalue weighted by atomic mass is 9.80. The maximum absolute atomic E-state index is 12.4. The molecule has 25 heavy (non-hydrogen) atoms. The quantitative estimate of drug-likeness (QED) is 0.384. The van der Waals surface area contributed by atoms with E-state index < -0.39 is 0 Å². The highest BCUT2D eigenvalue weighted by Gasteiger charge is 2.41. The molecule has 0 aromatic carbocycles. The number of Topliss-reactive ketones (excluding diaryl/α,β-unsaturated/α-hetero) is 1. The van der Waals surface area contributed by atoms with E-state index in [2.05, 4.69) is 12.4 Å². The summed E-state index contributed by atoms with van der Waals surface area (Å²) < 4.78 is 0. The average Bonchev–Trinajstić information content (AvgIpc) is 3.06. The molecule has 2 aliphatic rings. The summed E-state index contributed by atoms with van der Waals surface area (Å²) in [6, 6.07) is -0.0157. The number of hydrogen-bond donors (Lipinski definition) is 1. The molecule has 0 aromatic rings. The summed E-state index contributed by atoms with van der Waals surface area (Å²) in [4.78, 5) is 18.1. The zero-order chi connectivity index (χ0) is 17.7. The van der Waals surface area contributed by atoms with Crippen molar-refractivity contribution in [3.8, 4) is 0 Å². The lowest BCUT2D eigenvalue weighted by Crippen LogP contribution is -2.37. The molecule has 1 saturated heterocycles. The summed E-state index contributed by atoms with van der Waals surface area (Å²) in [6.07, 6.45) is 22.0. The zero-order valence-electron chi connectivity index (χ0n) is 16.6. The van der Waals surface area contributed by atoms with Crippen molar-refractivity contribution in [2.75, 3.05) is 0 Å². The standard InChI is InChI=1S/C22H41NO2/c1-2-3-4-5-6-7-8-9-10-11-12-13-17-20(24)22-19-16-14-15-18-21(19)25-23-22/h19,21-23H,2-18H2,1H3. The molecule has 0 radical (unpaired) electrons. The molecule has 0 amide bonds. The van der Waals surface area contributed by atoms with Gasteiger partial charge in [-0.05, 0) is 19.3 Å². The number of hydrogen-bond acceptors (Lipinski definition) is 3. The molecule has 1 N–H and O–H groups in total. The molecule has 3 nitrogen and oxygen atoms in total. The van der Waals surface area contributed by atoms with Gasteiger partial charge in [-0.25, -0.2) is 0 Å². The molecule has 146 valence electrons. The number of nitrogens with one attached hydrogen (secondary N) is 1. The Labute approximate surface area is 155 Å². The van der Waals surface area contributed by atoms with Crippen LogP contribution in [0.3, 0.4) is 0 Å². The van der Waals surface area contributed by atoms with Gasteiger partial charge in [0, 0.05) is 12.3 Å². The van der Waals surface area contributed by atoms with Crippen LogP contribution < -0.4 is 5.48 Å². The second-order valence-corrected chi connectivity index (χ2v) is 8.31. The lowest BCUT2D eigenvalue weighted by molar-refractivity contribution is -0.122. The fourth-order valence-corrected chi connectivity index (χ4v) is 4.50. The van der Waals surface area contributed by atoms with Crippen LogP contribution in [-0.2, 0) is 9.63 Å². The molecular weight excluding hydrogens is 310 g/mol. The second kappa shape index (κ2) is 12.9. The summed E-state index contributed by atoms with van der Waals surface area (Å²) in [6.45, 7) is 2.28. The monoisotopic (exact) mass is 351 g/mol. The van der Waals surface area contributed by atoms with E-state index in [0.717, 1.165) is 25.7 Å². The van der Waals surface area contributed by atoms with E-state index in [9.17, 15) is 4.79 Å². The molecule has 3 unspecified atom stereocenters. The van der Waals surface area contributed by atoms with Crippen LogP contribution in [0.4, 0.5) is 0 Å². The maximum Gasteiger partial charge on any atom is 0.152 e. The van der Waals surface area contributed by atoms with E-state index in [1.54, 1.807) is 0 Å². The number of ketones is 1. The van der Waals surface area contributed by atoms with E-state index >= 15 is 0 Å². The highest BCUT2D eigenvalue weighted by Crippen LogP contribution is 2.34. The van der Waals surface area contributed by atoms with E-state index in [1.165, 1.54) is 83.5 Å². The SMILES string of the molecule is CCCCCCCCCCCCCCC(=O)C1NOC2CCCCC21. The lowest BCUT2D eigenvalue weighted by Gasteiger charge is -2.25. The molecule has 3 heteroatoms. The number of carbonyl (C=O) groups is 1. The van der Waals surface area contributed by atoms with Gasteiger partial charge in [0.25, 0.3) is 0 Å². The highest BCUT2D eigenvalue weighted by atomic mass is 16.7. The Balaban J connectivity index is 1.40. The van der Waals surface area contributed by atoms with Crippen LogP contribution in [0.25, 0.3) is 0 Å². The van der Waals surface area contributed by atoms with Gasteiger partial charge in [-0.1, -0.05) is 90.4 Å². The van der Waals surface area contributed by atoms with Gasteiger partial charge in [-0.2, -0.15) is 5.48 Å². The second-order valence-electron chi connectivity index (χ2n) is 8.31. The van der Waals surface area contributed by atoms with Crippen molar-refractivity contribution in [2.24, 2.45) is 5.92 Å². The summed E-state index contributed by atoms with van der Waals surface area (Å²) in [5.74, 6) is 0.833. The fraction of sp³-hybridized carbons (Fsp3) is 0.955. The summed E-state index contributed by atoms with van der Waals surface area (Å²) >= 11 is 0. The normalized spacial score (nSPS) is 25.9. The molecule has 2 rings (SSSR count). The Bertz CT molecular complexity index is 358. The van der Waals surface area contributed by atoms with Crippen LogP contribution in [0.1, 0.15) is 116 Å². The third-order valence-electron chi connectivity index (χ3n) is 6.15. The first-order chi connectivity index (χ1) is 12.3. The van der Waals surface area contributed by atoms with Gasteiger partial charge in [-0.15, -0.1) is 0 Å². The largest absolute Gasteiger partial charge is 0.298 e. The molecule has 1 aliphatic heterocycles. The molecule has 2 fully saturated rings. The van der Waals surface area contributed by atoms with Crippen LogP contribution >= 0.6 is 0 Å². The van der Waals surface area contributed by atoms with Crippen LogP contribution in [0.5, 0.6) is 0 Å². The van der Waals surface area contributed by atoms with Crippen LogP contribution in [0.2, 0.25) is 0 Å². The predicted molar refractivity (Wildman–Crippen MR) is 104 cm³/mol. The minimum Gasteiger partial charge on any atom is -0.298 e. The number of rotatable bonds is 14. The predicted octanol–water partition coefficient (Wildman–Crippen LogP) is 6.11. The van der Waals surface area contributed by atoms with E-state index in [1.807, 2.05) is 0 Å². The van der Waals surface area contributed by atoms with Gasteiger partial charge in [-0.3, -0.25) is 9.63 Å². The number of fused-ring (bicyclic) bond motifs is 1. The van der Waals surface area contributed by atoms with Crippen molar-refractivity contribution in [3.05, 3.63) is 0 Å². The van der Waals surface area contributed by atoms with Gasteiger partial charge in [0.2, 0.25) is 0 Å². The maximum atomic E-state index is 12.4. The van der Waals surface area contributed by atoms with Crippen LogP contribution in [0, 0.1) is 5.92 Å². The van der Waals surface area contributed by atoms with E-state index in [-0.39, 0.29) is 6.04 Å². The third kappa shape index (κ3) is 7.78. The highest BCUT2D eigenvalue weighted by molar-refractivity contribution is 5.84. The van der Waals surface area contributed by atoms with E-state index in [0.29, 0.717) is 17.8 Å². The molecule has 1 heterocycles. The summed E-state index contributed by atoms with van der Waals surface area (Å²) in [5.41, 5.74) is 3.04. The number of hydroxylamine groups is 1. The zero-order valence-corrected chi connectivity index (χ0v) is 16.6. The smallest absolute Gasteiger partial charge is 0.152 e. The van der Waals surface area contributed by atoms with Gasteiger partial charge in [0.15, 0.2) is 5.78 Å². The molecule has 3 atom stereocenters. The molecule has 1 aliphatic carbocycles. The van der Waals surface area contributed by atoms with Crippen molar-refractivity contribution < 1.29 is 9.63 Å². The first-order valence-corrected chi connectivity index (χ1v) is 11.3. The molecular formula is C22H41NO2. The number of unbranched alkanes of at least 4 members (excludes halogenated alkanes) is 11. The molecule has 1 saturated carbocycles. The molecule has 0 aromatic heterocycles. The Morgan fingerprint density at radius 2 is 1.40 bits per heavy atom. The summed E-state index contributed by atoms with van der Waals surface area (Å²) in [5, 5.41) is 0. The van der Waals surface area contributed by atoms with E-state index in [4.69, 9.17) is 4.84 Å².